The number of nitrogens with zero attached hydrogens (tertiary/aromatic N) is 2. The summed E-state index contributed by atoms with van der Waals surface area (Å²) < 4.78 is 0. The van der Waals surface area contributed by atoms with Gasteiger partial charge in [0.15, 0.2) is 0 Å². The fraction of sp³-hybridized carbons (Fsp3) is 0.296. The first-order valence-corrected chi connectivity index (χ1v) is 13.0. The predicted molar refractivity (Wildman–Crippen MR) is 138 cm³/mol. The van der Waals surface area contributed by atoms with Gasteiger partial charge in [-0.25, -0.2) is 9.78 Å². The van der Waals surface area contributed by atoms with E-state index in [0.29, 0.717) is 0 Å². The number of carbonyl (C=O) groups is 2. The molecule has 0 bridgehead atoms. The minimum absolute atomic E-state index is 0.0236. The fourth-order valence-electron chi connectivity index (χ4n) is 5.34. The number of aromatic nitrogens is 1. The van der Waals surface area contributed by atoms with E-state index in [9.17, 15) is 9.59 Å². The number of thioether (sulfide) groups is 1. The van der Waals surface area contributed by atoms with Crippen LogP contribution in [-0.4, -0.2) is 34.3 Å². The molecule has 1 aromatic heterocycles. The number of urea groups is 1. The third-order valence-corrected chi connectivity index (χ3v) is 8.41. The van der Waals surface area contributed by atoms with E-state index in [1.165, 1.54) is 11.8 Å². The van der Waals surface area contributed by atoms with Crippen LogP contribution in [0.2, 0.25) is 0 Å². The lowest BCUT2D eigenvalue weighted by molar-refractivity contribution is -0.122. The molecule has 2 unspecified atom stereocenters. The molecular weight excluding hydrogens is 458 g/mol. The Morgan fingerprint density at radius 1 is 1.06 bits per heavy atom. The number of rotatable bonds is 4. The average Bonchev–Trinajstić information content (AvgIpc) is 3.26. The minimum atomic E-state index is -0.477. The van der Waals surface area contributed by atoms with Crippen molar-refractivity contribution in [1.82, 2.24) is 15.6 Å². The highest BCUT2D eigenvalue weighted by Gasteiger charge is 2.47. The van der Waals surface area contributed by atoms with E-state index >= 15 is 0 Å². The Kier molecular flexibility index (Phi) is 5.70. The summed E-state index contributed by atoms with van der Waals surface area (Å²) in [4.78, 5) is 33.0. The van der Waals surface area contributed by atoms with Crippen molar-refractivity contribution in [2.45, 2.75) is 54.1 Å². The Bertz CT molecular complexity index is 1280. The quantitative estimate of drug-likeness (QED) is 0.505. The Morgan fingerprint density at radius 3 is 2.69 bits per heavy atom. The van der Waals surface area contributed by atoms with Crippen LogP contribution in [0.15, 0.2) is 71.9 Å². The van der Waals surface area contributed by atoms with Crippen molar-refractivity contribution in [3.05, 3.63) is 72.4 Å². The van der Waals surface area contributed by atoms with E-state index in [4.69, 9.17) is 5.73 Å². The molecule has 2 aliphatic heterocycles. The van der Waals surface area contributed by atoms with Crippen molar-refractivity contribution in [3.8, 4) is 11.1 Å². The van der Waals surface area contributed by atoms with Crippen LogP contribution in [0.5, 0.6) is 0 Å². The van der Waals surface area contributed by atoms with Crippen molar-refractivity contribution in [2.24, 2.45) is 5.73 Å². The monoisotopic (exact) mass is 485 g/mol. The molecule has 7 nitrogen and oxygen atoms in total. The standard InChI is InChI=1S/C27H27N5O2S/c28-19-11-4-5-12-20(19)30-25(33)24-23-22-21(13-14-29-26(22)35-24)32(27(34)31-23)18-10-6-9-17(15-18)16-7-2-1-3-8-16/h1-3,6-10,13-15,19-20,23-24H,4-5,11-12,28H2,(H,30,33)(H,31,34)/t19-,20+,23?,24?/m0/s1. The van der Waals surface area contributed by atoms with Crippen LogP contribution in [0.4, 0.5) is 16.2 Å². The highest BCUT2D eigenvalue weighted by Crippen LogP contribution is 2.50. The Balaban J connectivity index is 1.31. The number of nitrogens with two attached hydrogens (primary N) is 1. The Morgan fingerprint density at radius 2 is 1.86 bits per heavy atom. The summed E-state index contributed by atoms with van der Waals surface area (Å²) in [6.45, 7) is 0. The molecule has 3 heterocycles. The summed E-state index contributed by atoms with van der Waals surface area (Å²) in [6, 6.07) is 19.1. The molecule has 8 heteroatoms. The number of amides is 3. The molecule has 1 fully saturated rings. The number of carbonyl (C=O) groups excluding carboxylic acids is 2. The van der Waals surface area contributed by atoms with Gasteiger partial charge in [0.1, 0.15) is 10.3 Å². The third kappa shape index (κ3) is 3.96. The van der Waals surface area contributed by atoms with Crippen LogP contribution in [0.25, 0.3) is 11.1 Å². The molecular formula is C27H27N5O2S. The average molecular weight is 486 g/mol. The van der Waals surface area contributed by atoms with E-state index < -0.39 is 11.3 Å². The number of pyridine rings is 1. The summed E-state index contributed by atoms with van der Waals surface area (Å²) in [7, 11) is 0. The lowest BCUT2D eigenvalue weighted by Crippen LogP contribution is -2.54. The summed E-state index contributed by atoms with van der Waals surface area (Å²) in [5, 5.41) is 6.56. The fourth-order valence-corrected chi connectivity index (χ4v) is 6.58. The third-order valence-electron chi connectivity index (χ3n) is 7.12. The number of hydrogen-bond acceptors (Lipinski definition) is 5. The molecule has 1 saturated carbocycles. The lowest BCUT2D eigenvalue weighted by atomic mass is 9.90. The van der Waals surface area contributed by atoms with Gasteiger partial charge in [0.2, 0.25) is 5.91 Å². The van der Waals surface area contributed by atoms with Crippen LogP contribution in [0.3, 0.4) is 0 Å². The zero-order valence-electron chi connectivity index (χ0n) is 19.2. The van der Waals surface area contributed by atoms with Gasteiger partial charge in [-0.15, -0.1) is 0 Å². The van der Waals surface area contributed by atoms with Crippen molar-refractivity contribution < 1.29 is 9.59 Å². The van der Waals surface area contributed by atoms with E-state index in [0.717, 1.165) is 58.8 Å². The first-order valence-electron chi connectivity index (χ1n) is 12.1. The van der Waals surface area contributed by atoms with Crippen LogP contribution >= 0.6 is 11.8 Å². The molecule has 3 aliphatic rings. The molecule has 2 aromatic carbocycles. The van der Waals surface area contributed by atoms with E-state index in [1.54, 1.807) is 11.1 Å². The zero-order chi connectivity index (χ0) is 23.9. The zero-order valence-corrected chi connectivity index (χ0v) is 20.0. The molecule has 6 rings (SSSR count). The van der Waals surface area contributed by atoms with Gasteiger partial charge >= 0.3 is 6.03 Å². The van der Waals surface area contributed by atoms with Gasteiger partial charge in [0.05, 0.1) is 17.4 Å². The molecule has 1 aliphatic carbocycles. The van der Waals surface area contributed by atoms with Crippen LogP contribution in [0.1, 0.15) is 37.3 Å². The summed E-state index contributed by atoms with van der Waals surface area (Å²) >= 11 is 1.41. The smallest absolute Gasteiger partial charge is 0.327 e. The van der Waals surface area contributed by atoms with Crippen molar-refractivity contribution in [3.63, 3.8) is 0 Å². The van der Waals surface area contributed by atoms with Crippen molar-refractivity contribution in [1.29, 1.82) is 0 Å². The van der Waals surface area contributed by atoms with Gasteiger partial charge in [-0.2, -0.15) is 0 Å². The molecule has 35 heavy (non-hydrogen) atoms. The van der Waals surface area contributed by atoms with E-state index in [2.05, 4.69) is 15.6 Å². The van der Waals surface area contributed by atoms with Crippen LogP contribution in [-0.2, 0) is 4.79 Å². The second kappa shape index (κ2) is 9.02. The highest BCUT2D eigenvalue weighted by atomic mass is 32.2. The number of benzene rings is 2. The van der Waals surface area contributed by atoms with Crippen LogP contribution in [0, 0.1) is 0 Å². The maximum Gasteiger partial charge on any atom is 0.327 e. The normalized spacial score (nSPS) is 25.1. The molecule has 0 spiro atoms. The van der Waals surface area contributed by atoms with Crippen molar-refractivity contribution >= 4 is 35.1 Å². The topological polar surface area (TPSA) is 100 Å². The maximum absolute atomic E-state index is 13.4. The van der Waals surface area contributed by atoms with Crippen LogP contribution < -0.4 is 21.3 Å². The Hall–Kier alpha value is -3.36. The van der Waals surface area contributed by atoms with Gasteiger partial charge < -0.3 is 16.4 Å². The molecule has 3 aromatic rings. The van der Waals surface area contributed by atoms with E-state index in [1.807, 2.05) is 60.7 Å². The second-order valence-electron chi connectivity index (χ2n) is 9.33. The minimum Gasteiger partial charge on any atom is -0.351 e. The summed E-state index contributed by atoms with van der Waals surface area (Å²) in [5.41, 5.74) is 10.8. The largest absolute Gasteiger partial charge is 0.351 e. The number of nitrogens with one attached hydrogen (secondary N) is 2. The highest BCUT2D eigenvalue weighted by molar-refractivity contribution is 8.01. The molecule has 0 saturated heterocycles. The molecule has 4 atom stereocenters. The van der Waals surface area contributed by atoms with Gasteiger partial charge in [-0.05, 0) is 42.2 Å². The summed E-state index contributed by atoms with van der Waals surface area (Å²) in [5.74, 6) is -0.0916. The van der Waals surface area contributed by atoms with Crippen molar-refractivity contribution in [2.75, 3.05) is 4.90 Å². The molecule has 4 N–H and O–H groups in total. The van der Waals surface area contributed by atoms with Gasteiger partial charge in [0, 0.05) is 23.8 Å². The first-order chi connectivity index (χ1) is 17.1. The summed E-state index contributed by atoms with van der Waals surface area (Å²) in [6.07, 6.45) is 5.70. The molecule has 178 valence electrons. The van der Waals surface area contributed by atoms with Gasteiger partial charge in [-0.3, -0.25) is 9.69 Å². The second-order valence-corrected chi connectivity index (χ2v) is 10.5. The SMILES string of the molecule is N[C@H]1CCCC[C@H]1NC(=O)C1Sc2nccc3c2C1NC(=O)N3c1cccc(-c2ccccc2)c1. The van der Waals surface area contributed by atoms with Gasteiger partial charge in [-0.1, -0.05) is 67.1 Å². The van der Waals surface area contributed by atoms with E-state index in [-0.39, 0.29) is 24.0 Å². The predicted octanol–water partition coefficient (Wildman–Crippen LogP) is 4.51. The maximum atomic E-state index is 13.4. The Labute approximate surface area is 208 Å². The molecule has 0 radical (unpaired) electrons. The number of hydrogen-bond donors (Lipinski definition) is 3. The first kappa shape index (κ1) is 22.1. The lowest BCUT2D eigenvalue weighted by Gasteiger charge is -2.35. The number of anilines is 2. The molecule has 3 amide bonds. The van der Waals surface area contributed by atoms with Gasteiger partial charge in [0.25, 0.3) is 0 Å².